The minimum atomic E-state index is -0.174. The molecule has 4 aliphatic rings. The van der Waals surface area contributed by atoms with Crippen molar-refractivity contribution in [3.05, 3.63) is 53.1 Å². The molecule has 0 aromatic heterocycles. The van der Waals surface area contributed by atoms with E-state index in [2.05, 4.69) is 12.2 Å². The summed E-state index contributed by atoms with van der Waals surface area (Å²) in [4.78, 5) is 27.8. The molecule has 1 aromatic rings. The Hall–Kier alpha value is -2.16. The van der Waals surface area contributed by atoms with Crippen molar-refractivity contribution in [1.29, 1.82) is 0 Å². The quantitative estimate of drug-likeness (QED) is 0.571. The van der Waals surface area contributed by atoms with Crippen LogP contribution in [0.5, 0.6) is 0 Å². The molecule has 1 aliphatic heterocycles. The number of anilines is 1. The molecular formula is C22H23NO2. The van der Waals surface area contributed by atoms with Gasteiger partial charge in [0.1, 0.15) is 0 Å². The van der Waals surface area contributed by atoms with E-state index < -0.39 is 0 Å². The Morgan fingerprint density at radius 1 is 0.920 bits per heavy atom. The van der Waals surface area contributed by atoms with Gasteiger partial charge in [-0.1, -0.05) is 41.9 Å². The van der Waals surface area contributed by atoms with Crippen LogP contribution in [0.25, 0.3) is 0 Å². The largest absolute Gasteiger partial charge is 0.274 e. The second kappa shape index (κ2) is 5.42. The molecule has 5 rings (SSSR count). The number of hydrogen-bond acceptors (Lipinski definition) is 2. The van der Waals surface area contributed by atoms with Crippen molar-refractivity contribution in [2.75, 3.05) is 4.90 Å². The molecule has 1 saturated heterocycles. The number of carbonyl (C=O) groups is 2. The zero-order valence-electron chi connectivity index (χ0n) is 14.6. The van der Waals surface area contributed by atoms with Crippen LogP contribution in [0.1, 0.15) is 37.7 Å². The lowest BCUT2D eigenvalue weighted by Gasteiger charge is -2.23. The number of amides is 2. The number of fused-ring (bicyclic) bond motifs is 5. The van der Waals surface area contributed by atoms with Crippen LogP contribution in [-0.4, -0.2) is 11.8 Å². The molecule has 128 valence electrons. The van der Waals surface area contributed by atoms with E-state index >= 15 is 0 Å². The minimum absolute atomic E-state index is 0.00589. The van der Waals surface area contributed by atoms with Gasteiger partial charge in [-0.15, -0.1) is 0 Å². The minimum Gasteiger partial charge on any atom is -0.274 e. The highest BCUT2D eigenvalue weighted by molar-refractivity contribution is 6.23. The average molecular weight is 333 g/mol. The lowest BCUT2D eigenvalue weighted by Crippen LogP contribution is -2.33. The molecule has 3 nitrogen and oxygen atoms in total. The highest BCUT2D eigenvalue weighted by Crippen LogP contribution is 2.58. The monoisotopic (exact) mass is 333 g/mol. The van der Waals surface area contributed by atoms with Crippen molar-refractivity contribution in [3.63, 3.8) is 0 Å². The Bertz CT molecular complexity index is 792. The summed E-state index contributed by atoms with van der Waals surface area (Å²) < 4.78 is 0. The van der Waals surface area contributed by atoms with Gasteiger partial charge in [-0.2, -0.15) is 0 Å². The molecule has 0 radical (unpaired) electrons. The van der Waals surface area contributed by atoms with E-state index in [1.165, 1.54) is 29.7 Å². The van der Waals surface area contributed by atoms with Gasteiger partial charge in [0, 0.05) is 11.8 Å². The highest BCUT2D eigenvalue weighted by atomic mass is 16.2. The maximum Gasteiger partial charge on any atom is 0.238 e. The fraction of sp³-hybridized carbons (Fsp3) is 0.455. The Labute approximate surface area is 148 Å². The van der Waals surface area contributed by atoms with Crippen molar-refractivity contribution in [2.45, 2.75) is 39.0 Å². The van der Waals surface area contributed by atoms with Gasteiger partial charge in [0.05, 0.1) is 17.5 Å². The zero-order chi connectivity index (χ0) is 17.1. The van der Waals surface area contributed by atoms with Crippen molar-refractivity contribution < 1.29 is 9.59 Å². The second-order valence-corrected chi connectivity index (χ2v) is 7.96. The SMILES string of the molecule is Cc1cccc(N2C(=O)[C@@H]3[C@@H](C2=O)[C@H]2C=C[C@@H]3C2=C2CCCCC2)c1. The molecule has 1 aromatic carbocycles. The molecule has 0 N–H and O–H groups in total. The predicted molar refractivity (Wildman–Crippen MR) is 96.9 cm³/mol. The Morgan fingerprint density at radius 2 is 1.56 bits per heavy atom. The molecule has 2 saturated carbocycles. The van der Waals surface area contributed by atoms with Crippen molar-refractivity contribution >= 4 is 17.5 Å². The molecule has 0 unspecified atom stereocenters. The van der Waals surface area contributed by atoms with E-state index in [1.807, 2.05) is 31.2 Å². The van der Waals surface area contributed by atoms with Crippen LogP contribution in [-0.2, 0) is 9.59 Å². The number of nitrogens with zero attached hydrogens (tertiary/aromatic N) is 1. The number of rotatable bonds is 1. The van der Waals surface area contributed by atoms with E-state index in [4.69, 9.17) is 0 Å². The molecule has 2 amide bonds. The lowest BCUT2D eigenvalue weighted by atomic mass is 9.85. The summed E-state index contributed by atoms with van der Waals surface area (Å²) in [5, 5.41) is 0. The number of hydrogen-bond donors (Lipinski definition) is 0. The van der Waals surface area contributed by atoms with Gasteiger partial charge in [-0.25, -0.2) is 4.90 Å². The van der Waals surface area contributed by atoms with Gasteiger partial charge < -0.3 is 0 Å². The van der Waals surface area contributed by atoms with E-state index in [0.717, 1.165) is 24.1 Å². The van der Waals surface area contributed by atoms with Gasteiger partial charge in [0.25, 0.3) is 0 Å². The highest BCUT2D eigenvalue weighted by Gasteiger charge is 2.62. The first kappa shape index (κ1) is 15.1. The number of allylic oxidation sites excluding steroid dienone is 4. The summed E-state index contributed by atoms with van der Waals surface area (Å²) in [5.41, 5.74) is 4.78. The number of imide groups is 1. The Balaban J connectivity index is 1.54. The maximum atomic E-state index is 13.2. The van der Waals surface area contributed by atoms with Gasteiger partial charge in [0.2, 0.25) is 11.8 Å². The van der Waals surface area contributed by atoms with Gasteiger partial charge in [-0.05, 0) is 50.3 Å². The first-order valence-electron chi connectivity index (χ1n) is 9.51. The number of carbonyl (C=O) groups excluding carboxylic acids is 2. The molecule has 0 spiro atoms. The smallest absolute Gasteiger partial charge is 0.238 e. The Kier molecular flexibility index (Phi) is 3.28. The van der Waals surface area contributed by atoms with Crippen LogP contribution in [0, 0.1) is 30.6 Å². The van der Waals surface area contributed by atoms with E-state index in [-0.39, 0.29) is 35.5 Å². The fourth-order valence-corrected chi connectivity index (χ4v) is 5.52. The fourth-order valence-electron chi connectivity index (χ4n) is 5.52. The summed E-state index contributed by atoms with van der Waals surface area (Å²) in [6, 6.07) is 7.72. The molecule has 2 bridgehead atoms. The van der Waals surface area contributed by atoms with E-state index in [1.54, 1.807) is 5.57 Å². The van der Waals surface area contributed by atoms with Crippen LogP contribution < -0.4 is 4.90 Å². The van der Waals surface area contributed by atoms with Crippen LogP contribution in [0.3, 0.4) is 0 Å². The third kappa shape index (κ3) is 2.04. The summed E-state index contributed by atoms with van der Waals surface area (Å²) >= 11 is 0. The molecule has 3 fully saturated rings. The topological polar surface area (TPSA) is 37.4 Å². The van der Waals surface area contributed by atoms with Crippen LogP contribution in [0.2, 0.25) is 0 Å². The van der Waals surface area contributed by atoms with E-state index in [9.17, 15) is 9.59 Å². The van der Waals surface area contributed by atoms with Gasteiger partial charge >= 0.3 is 0 Å². The number of benzene rings is 1. The third-order valence-electron chi connectivity index (χ3n) is 6.54. The maximum absolute atomic E-state index is 13.2. The zero-order valence-corrected chi connectivity index (χ0v) is 14.6. The lowest BCUT2D eigenvalue weighted by molar-refractivity contribution is -0.122. The molecule has 1 heterocycles. The van der Waals surface area contributed by atoms with Crippen molar-refractivity contribution in [3.8, 4) is 0 Å². The van der Waals surface area contributed by atoms with Gasteiger partial charge in [0.15, 0.2) is 0 Å². The number of aryl methyl sites for hydroxylation is 1. The third-order valence-corrected chi connectivity index (χ3v) is 6.54. The van der Waals surface area contributed by atoms with Crippen molar-refractivity contribution in [1.82, 2.24) is 0 Å². The second-order valence-electron chi connectivity index (χ2n) is 7.96. The predicted octanol–water partition coefficient (Wildman–Crippen LogP) is 4.18. The summed E-state index contributed by atoms with van der Waals surface area (Å²) in [6.45, 7) is 1.99. The normalized spacial score (nSPS) is 33.6. The summed E-state index contributed by atoms with van der Waals surface area (Å²) in [7, 11) is 0. The standard InChI is InChI=1S/C22H23NO2/c1-13-6-5-9-15(12-13)23-21(24)19-16-10-11-17(20(19)22(23)25)18(16)14-7-3-2-4-8-14/h5-6,9-12,16-17,19-20H,2-4,7-8H2,1H3/t16-,17+,19-,20-/m0/s1. The average Bonchev–Trinajstić information content (AvgIpc) is 3.25. The molecule has 25 heavy (non-hydrogen) atoms. The molecular weight excluding hydrogens is 310 g/mol. The molecule has 3 heteroatoms. The van der Waals surface area contributed by atoms with Crippen LogP contribution in [0.4, 0.5) is 5.69 Å². The first-order chi connectivity index (χ1) is 12.2. The van der Waals surface area contributed by atoms with Crippen LogP contribution >= 0.6 is 0 Å². The summed E-state index contributed by atoms with van der Waals surface area (Å²) in [5.74, 6) is -0.0127. The first-order valence-corrected chi connectivity index (χ1v) is 9.51. The van der Waals surface area contributed by atoms with Crippen molar-refractivity contribution in [2.24, 2.45) is 23.7 Å². The molecule has 3 aliphatic carbocycles. The van der Waals surface area contributed by atoms with E-state index in [0.29, 0.717) is 0 Å². The molecule has 4 atom stereocenters. The van der Waals surface area contributed by atoms with Gasteiger partial charge in [-0.3, -0.25) is 9.59 Å². The van der Waals surface area contributed by atoms with Crippen LogP contribution in [0.15, 0.2) is 47.6 Å². The Morgan fingerprint density at radius 3 is 2.16 bits per heavy atom. The summed E-state index contributed by atoms with van der Waals surface area (Å²) in [6.07, 6.45) is 10.5.